The topological polar surface area (TPSA) is 102 Å². The number of nitrogens with one attached hydrogen (secondary N) is 2. The maximum atomic E-state index is 12.7. The average Bonchev–Trinajstić information content (AvgIpc) is 2.69. The first-order valence-corrected chi connectivity index (χ1v) is 9.44. The van der Waals surface area contributed by atoms with Gasteiger partial charge in [0.15, 0.2) is 5.78 Å². The number of ether oxygens (including phenoxy) is 1. The van der Waals surface area contributed by atoms with Crippen molar-refractivity contribution in [1.29, 1.82) is 0 Å². The molecule has 2 unspecified atom stereocenters. The number of hydrogen-bond donors (Lipinski definition) is 2. The summed E-state index contributed by atoms with van der Waals surface area (Å²) in [6.45, 7) is 4.17. The van der Waals surface area contributed by atoms with E-state index in [0.717, 1.165) is 18.4 Å². The number of rotatable bonds is 8. The van der Waals surface area contributed by atoms with Gasteiger partial charge in [0.1, 0.15) is 6.61 Å². The lowest BCUT2D eigenvalue weighted by atomic mass is 9.88. The molecule has 1 fully saturated rings. The molecular formula is C21H26N2O5. The SMILES string of the molecule is C=CCC(NC(=O)OCc1ccccc1)C(=O)CC1CCCCNC(=O)C1=O. The van der Waals surface area contributed by atoms with Crippen molar-refractivity contribution >= 4 is 23.6 Å². The Morgan fingerprint density at radius 1 is 1.25 bits per heavy atom. The Hall–Kier alpha value is -2.96. The van der Waals surface area contributed by atoms with Gasteiger partial charge in [-0.1, -0.05) is 42.8 Å². The normalized spacial score (nSPS) is 18.2. The number of benzene rings is 1. The number of carbonyl (C=O) groups is 4. The third-order valence-electron chi connectivity index (χ3n) is 4.60. The fourth-order valence-electron chi connectivity index (χ4n) is 3.05. The fourth-order valence-corrected chi connectivity index (χ4v) is 3.05. The van der Waals surface area contributed by atoms with E-state index in [-0.39, 0.29) is 25.2 Å². The zero-order valence-electron chi connectivity index (χ0n) is 15.8. The van der Waals surface area contributed by atoms with E-state index in [9.17, 15) is 19.2 Å². The summed E-state index contributed by atoms with van der Waals surface area (Å²) in [5, 5.41) is 5.09. The molecule has 1 aliphatic rings. The van der Waals surface area contributed by atoms with E-state index in [4.69, 9.17) is 4.74 Å². The van der Waals surface area contributed by atoms with Crippen LogP contribution in [0.4, 0.5) is 4.79 Å². The smallest absolute Gasteiger partial charge is 0.408 e. The van der Waals surface area contributed by atoms with Crippen molar-refractivity contribution < 1.29 is 23.9 Å². The lowest BCUT2D eigenvalue weighted by Gasteiger charge is -2.21. The highest BCUT2D eigenvalue weighted by Gasteiger charge is 2.31. The van der Waals surface area contributed by atoms with Gasteiger partial charge in [0.05, 0.1) is 6.04 Å². The van der Waals surface area contributed by atoms with Crippen molar-refractivity contribution in [3.8, 4) is 0 Å². The molecule has 2 atom stereocenters. The van der Waals surface area contributed by atoms with Crippen LogP contribution in [0.15, 0.2) is 43.0 Å². The molecule has 7 nitrogen and oxygen atoms in total. The maximum Gasteiger partial charge on any atom is 0.408 e. The van der Waals surface area contributed by atoms with Gasteiger partial charge in [-0.05, 0) is 24.8 Å². The van der Waals surface area contributed by atoms with Crippen LogP contribution in [-0.4, -0.2) is 36.2 Å². The molecule has 28 heavy (non-hydrogen) atoms. The van der Waals surface area contributed by atoms with Crippen LogP contribution in [-0.2, 0) is 25.7 Å². The second-order valence-corrected chi connectivity index (χ2v) is 6.77. The molecule has 2 amide bonds. The summed E-state index contributed by atoms with van der Waals surface area (Å²) in [6.07, 6.45) is 2.93. The van der Waals surface area contributed by atoms with Gasteiger partial charge in [0.25, 0.3) is 5.91 Å². The molecule has 0 saturated carbocycles. The zero-order chi connectivity index (χ0) is 20.4. The number of alkyl carbamates (subject to hydrolysis) is 1. The van der Waals surface area contributed by atoms with E-state index in [2.05, 4.69) is 17.2 Å². The van der Waals surface area contributed by atoms with E-state index in [0.29, 0.717) is 13.0 Å². The second-order valence-electron chi connectivity index (χ2n) is 6.77. The molecule has 1 aromatic carbocycles. The van der Waals surface area contributed by atoms with Crippen LogP contribution in [0, 0.1) is 5.92 Å². The van der Waals surface area contributed by atoms with Crippen LogP contribution in [0.25, 0.3) is 0 Å². The molecule has 1 heterocycles. The molecule has 0 aliphatic carbocycles. The molecule has 1 saturated heterocycles. The van der Waals surface area contributed by atoms with E-state index in [1.54, 1.807) is 0 Å². The molecule has 1 aliphatic heterocycles. The number of hydrogen-bond acceptors (Lipinski definition) is 5. The number of amides is 2. The first kappa shape index (κ1) is 21.3. The standard InChI is InChI=1S/C21H26N2O5/c1-2-8-17(23-21(27)28-14-15-9-4-3-5-10-15)18(24)13-16-11-6-7-12-22-20(26)19(16)25/h2-5,9-10,16-17H,1,6-8,11-14H2,(H,22,26)(H,23,27). The van der Waals surface area contributed by atoms with Crippen molar-refractivity contribution in [2.24, 2.45) is 5.92 Å². The summed E-state index contributed by atoms with van der Waals surface area (Å²) in [4.78, 5) is 48.7. The highest BCUT2D eigenvalue weighted by atomic mass is 16.5. The summed E-state index contributed by atoms with van der Waals surface area (Å²) >= 11 is 0. The maximum absolute atomic E-state index is 12.7. The summed E-state index contributed by atoms with van der Waals surface area (Å²) in [5.74, 6) is -2.20. The Bertz CT molecular complexity index is 717. The monoisotopic (exact) mass is 386 g/mol. The van der Waals surface area contributed by atoms with Crippen LogP contribution in [0.5, 0.6) is 0 Å². The van der Waals surface area contributed by atoms with Gasteiger partial charge >= 0.3 is 6.09 Å². The Morgan fingerprint density at radius 2 is 2.00 bits per heavy atom. The summed E-state index contributed by atoms with van der Waals surface area (Å²) in [6, 6.07) is 8.34. The average molecular weight is 386 g/mol. The predicted molar refractivity (Wildman–Crippen MR) is 103 cm³/mol. The van der Waals surface area contributed by atoms with Crippen molar-refractivity contribution in [2.45, 2.75) is 44.8 Å². The second kappa shape index (κ2) is 11.0. The Kier molecular flexibility index (Phi) is 8.39. The van der Waals surface area contributed by atoms with Crippen molar-refractivity contribution in [3.63, 3.8) is 0 Å². The lowest BCUT2D eigenvalue weighted by Crippen LogP contribution is -2.43. The van der Waals surface area contributed by atoms with Crippen LogP contribution in [0.1, 0.15) is 37.7 Å². The van der Waals surface area contributed by atoms with Gasteiger partial charge in [-0.3, -0.25) is 14.4 Å². The van der Waals surface area contributed by atoms with Gasteiger partial charge in [-0.25, -0.2) is 4.79 Å². The minimum atomic E-state index is -0.845. The molecule has 2 rings (SSSR count). The predicted octanol–water partition coefficient (Wildman–Crippen LogP) is 2.30. The van der Waals surface area contributed by atoms with Crippen LogP contribution in [0.3, 0.4) is 0 Å². The molecule has 0 aromatic heterocycles. The van der Waals surface area contributed by atoms with Crippen molar-refractivity contribution in [3.05, 3.63) is 48.6 Å². The van der Waals surface area contributed by atoms with Gasteiger partial charge < -0.3 is 15.4 Å². The van der Waals surface area contributed by atoms with Gasteiger partial charge in [-0.2, -0.15) is 0 Å². The molecule has 150 valence electrons. The van der Waals surface area contributed by atoms with Crippen molar-refractivity contribution in [1.82, 2.24) is 10.6 Å². The minimum Gasteiger partial charge on any atom is -0.445 e. The highest BCUT2D eigenvalue weighted by molar-refractivity contribution is 6.37. The molecule has 0 spiro atoms. The zero-order valence-corrected chi connectivity index (χ0v) is 15.8. The lowest BCUT2D eigenvalue weighted by molar-refractivity contribution is -0.141. The summed E-state index contributed by atoms with van der Waals surface area (Å²) in [7, 11) is 0. The largest absolute Gasteiger partial charge is 0.445 e. The van der Waals surface area contributed by atoms with Gasteiger partial charge in [-0.15, -0.1) is 6.58 Å². The molecule has 1 aromatic rings. The van der Waals surface area contributed by atoms with Gasteiger partial charge in [0.2, 0.25) is 5.78 Å². The van der Waals surface area contributed by atoms with Crippen LogP contribution in [0.2, 0.25) is 0 Å². The molecular weight excluding hydrogens is 360 g/mol. The van der Waals surface area contributed by atoms with E-state index >= 15 is 0 Å². The first-order chi connectivity index (χ1) is 13.5. The Morgan fingerprint density at radius 3 is 2.71 bits per heavy atom. The van der Waals surface area contributed by atoms with Crippen LogP contribution < -0.4 is 10.6 Å². The van der Waals surface area contributed by atoms with Crippen molar-refractivity contribution in [2.75, 3.05) is 6.54 Å². The quantitative estimate of drug-likeness (QED) is 0.527. The van der Waals surface area contributed by atoms with E-state index < -0.39 is 29.7 Å². The molecule has 7 heteroatoms. The highest BCUT2D eigenvalue weighted by Crippen LogP contribution is 2.18. The molecule has 2 N–H and O–H groups in total. The van der Waals surface area contributed by atoms with Gasteiger partial charge in [0, 0.05) is 18.9 Å². The Labute approximate surface area is 164 Å². The third kappa shape index (κ3) is 6.64. The first-order valence-electron chi connectivity index (χ1n) is 9.44. The summed E-state index contributed by atoms with van der Waals surface area (Å²) < 4.78 is 5.15. The van der Waals surface area contributed by atoms with Crippen LogP contribution >= 0.6 is 0 Å². The fraction of sp³-hybridized carbons (Fsp3) is 0.429. The Balaban J connectivity index is 1.92. The summed E-state index contributed by atoms with van der Waals surface area (Å²) in [5.41, 5.74) is 0.829. The molecule has 0 radical (unpaired) electrons. The minimum absolute atomic E-state index is 0.0863. The van der Waals surface area contributed by atoms with E-state index in [1.807, 2.05) is 30.3 Å². The third-order valence-corrected chi connectivity index (χ3v) is 4.60. The number of Topliss-reactive ketones (excluding diaryl/α,β-unsaturated/α-hetero) is 2. The molecule has 0 bridgehead atoms. The van der Waals surface area contributed by atoms with E-state index in [1.165, 1.54) is 6.08 Å². The number of ketones is 2. The number of carbonyl (C=O) groups excluding carboxylic acids is 4.